The normalized spacial score (nSPS) is 33.6. The minimum absolute atomic E-state index is 0.118. The highest BCUT2D eigenvalue weighted by atomic mass is 16.5. The molecule has 0 amide bonds. The van der Waals surface area contributed by atoms with Crippen LogP contribution in [0.2, 0.25) is 0 Å². The van der Waals surface area contributed by atoms with Gasteiger partial charge in [0.15, 0.2) is 5.78 Å². The van der Waals surface area contributed by atoms with Crippen LogP contribution >= 0.6 is 0 Å². The molecule has 25 heavy (non-hydrogen) atoms. The third kappa shape index (κ3) is 3.47. The van der Waals surface area contributed by atoms with Crippen molar-refractivity contribution in [3.05, 3.63) is 34.6 Å². The van der Waals surface area contributed by atoms with E-state index in [-0.39, 0.29) is 23.9 Å². The van der Waals surface area contributed by atoms with Gasteiger partial charge < -0.3 is 14.9 Å². The first kappa shape index (κ1) is 18.4. The maximum absolute atomic E-state index is 12.3. The standard InChI is InChI=1S/C21H30O4/c1-13(12-22)5-4-6-14(2)15-9-10-21(3)17(15)11-16-18(23)7-8-19(24)20(16)25-21/h5,9,14,17,19,22,24H,4,6-8,10-12H2,1-3H3/b13-5+/t14-,17+,19+,21+/m0/s1. The molecule has 0 aromatic heterocycles. The monoisotopic (exact) mass is 346 g/mol. The average Bonchev–Trinajstić information content (AvgIpc) is 2.93. The van der Waals surface area contributed by atoms with Crippen LogP contribution in [0.25, 0.3) is 0 Å². The number of carbonyl (C=O) groups excluding carboxylic acids is 1. The Kier molecular flexibility index (Phi) is 5.21. The van der Waals surface area contributed by atoms with Gasteiger partial charge in [0, 0.05) is 24.3 Å². The number of ether oxygens (including phenoxy) is 1. The number of allylic oxidation sites excluding steroid dienone is 2. The molecule has 4 heteroatoms. The lowest BCUT2D eigenvalue weighted by atomic mass is 9.74. The zero-order valence-electron chi connectivity index (χ0n) is 15.5. The van der Waals surface area contributed by atoms with Gasteiger partial charge in [-0.1, -0.05) is 30.2 Å². The van der Waals surface area contributed by atoms with E-state index in [0.717, 1.165) is 30.4 Å². The van der Waals surface area contributed by atoms with E-state index in [1.165, 1.54) is 5.57 Å². The molecule has 0 unspecified atom stereocenters. The van der Waals surface area contributed by atoms with Crippen LogP contribution in [0, 0.1) is 11.8 Å². The van der Waals surface area contributed by atoms with Crippen LogP contribution in [0.5, 0.6) is 0 Å². The largest absolute Gasteiger partial charge is 0.488 e. The van der Waals surface area contributed by atoms with Crippen molar-refractivity contribution in [2.45, 2.75) is 71.0 Å². The van der Waals surface area contributed by atoms with E-state index >= 15 is 0 Å². The Morgan fingerprint density at radius 1 is 1.52 bits per heavy atom. The van der Waals surface area contributed by atoms with Crippen molar-refractivity contribution < 1.29 is 19.7 Å². The summed E-state index contributed by atoms with van der Waals surface area (Å²) in [5.41, 5.74) is 2.78. The van der Waals surface area contributed by atoms with Crippen molar-refractivity contribution in [3.63, 3.8) is 0 Å². The van der Waals surface area contributed by atoms with Gasteiger partial charge in [0.2, 0.25) is 0 Å². The first-order chi connectivity index (χ1) is 11.9. The minimum Gasteiger partial charge on any atom is -0.488 e. The van der Waals surface area contributed by atoms with Gasteiger partial charge in [-0.25, -0.2) is 0 Å². The van der Waals surface area contributed by atoms with Crippen molar-refractivity contribution in [2.75, 3.05) is 6.61 Å². The lowest BCUT2D eigenvalue weighted by Crippen LogP contribution is -2.44. The molecule has 0 aromatic rings. The summed E-state index contributed by atoms with van der Waals surface area (Å²) < 4.78 is 6.24. The maximum atomic E-state index is 12.3. The molecule has 138 valence electrons. The molecule has 0 aromatic carbocycles. The molecule has 2 N–H and O–H groups in total. The highest BCUT2D eigenvalue weighted by Gasteiger charge is 2.50. The van der Waals surface area contributed by atoms with Crippen molar-refractivity contribution in [3.8, 4) is 0 Å². The predicted molar refractivity (Wildman–Crippen MR) is 96.8 cm³/mol. The lowest BCUT2D eigenvalue weighted by molar-refractivity contribution is -0.121. The smallest absolute Gasteiger partial charge is 0.162 e. The molecule has 0 saturated carbocycles. The molecule has 0 bridgehead atoms. The van der Waals surface area contributed by atoms with Gasteiger partial charge in [-0.15, -0.1) is 0 Å². The highest BCUT2D eigenvalue weighted by Crippen LogP contribution is 2.51. The number of hydrogen-bond acceptors (Lipinski definition) is 4. The van der Waals surface area contributed by atoms with Crippen LogP contribution in [-0.4, -0.2) is 34.3 Å². The van der Waals surface area contributed by atoms with Crippen molar-refractivity contribution in [1.82, 2.24) is 0 Å². The predicted octanol–water partition coefficient (Wildman–Crippen LogP) is 3.44. The molecule has 0 fully saturated rings. The first-order valence-corrected chi connectivity index (χ1v) is 9.45. The van der Waals surface area contributed by atoms with E-state index in [0.29, 0.717) is 30.9 Å². The minimum atomic E-state index is -0.626. The van der Waals surface area contributed by atoms with Crippen LogP contribution in [0.4, 0.5) is 0 Å². The number of carbonyl (C=O) groups is 1. The second-order valence-electron chi connectivity index (χ2n) is 8.09. The summed E-state index contributed by atoms with van der Waals surface area (Å²) in [4.78, 5) is 12.3. The molecule has 3 aliphatic rings. The zero-order valence-corrected chi connectivity index (χ0v) is 15.5. The Hall–Kier alpha value is -1.39. The Morgan fingerprint density at radius 3 is 3.00 bits per heavy atom. The zero-order chi connectivity index (χ0) is 18.2. The van der Waals surface area contributed by atoms with Crippen molar-refractivity contribution >= 4 is 5.78 Å². The Labute approximate surface area is 150 Å². The third-order valence-electron chi connectivity index (χ3n) is 6.13. The topological polar surface area (TPSA) is 66.8 Å². The second-order valence-corrected chi connectivity index (χ2v) is 8.09. The van der Waals surface area contributed by atoms with Gasteiger partial charge in [-0.2, -0.15) is 0 Å². The van der Waals surface area contributed by atoms with E-state index in [4.69, 9.17) is 9.84 Å². The number of rotatable bonds is 5. The van der Waals surface area contributed by atoms with Crippen LogP contribution in [-0.2, 0) is 9.53 Å². The second kappa shape index (κ2) is 7.08. The Balaban J connectivity index is 1.74. The number of ketones is 1. The summed E-state index contributed by atoms with van der Waals surface area (Å²) in [5.74, 6) is 1.32. The fourth-order valence-corrected chi connectivity index (χ4v) is 4.45. The van der Waals surface area contributed by atoms with Gasteiger partial charge in [0.05, 0.1) is 6.61 Å². The third-order valence-corrected chi connectivity index (χ3v) is 6.13. The highest BCUT2D eigenvalue weighted by molar-refractivity contribution is 5.97. The summed E-state index contributed by atoms with van der Waals surface area (Å²) in [6.45, 7) is 6.41. The molecule has 1 heterocycles. The fraction of sp³-hybridized carbons (Fsp3) is 0.667. The SMILES string of the molecule is C/C(=C\CC[C@H](C)C1=CC[C@@]2(C)OC3=C(C[C@H]12)C(=O)CC[C@H]3O)CO. The molecule has 3 rings (SSSR count). The molecule has 2 aliphatic carbocycles. The summed E-state index contributed by atoms with van der Waals surface area (Å²) in [6, 6.07) is 0. The lowest BCUT2D eigenvalue weighted by Gasteiger charge is -2.43. The van der Waals surface area contributed by atoms with Gasteiger partial charge in [-0.3, -0.25) is 4.79 Å². The molecular weight excluding hydrogens is 316 g/mol. The van der Waals surface area contributed by atoms with E-state index in [2.05, 4.69) is 26.0 Å². The van der Waals surface area contributed by atoms with Gasteiger partial charge in [-0.05, 0) is 45.4 Å². The summed E-state index contributed by atoms with van der Waals surface area (Å²) in [6.07, 6.45) is 8.16. The number of hydrogen-bond donors (Lipinski definition) is 2. The summed E-state index contributed by atoms with van der Waals surface area (Å²) >= 11 is 0. The van der Waals surface area contributed by atoms with Crippen LogP contribution < -0.4 is 0 Å². The first-order valence-electron chi connectivity index (χ1n) is 9.45. The van der Waals surface area contributed by atoms with E-state index in [9.17, 15) is 9.90 Å². The molecule has 0 radical (unpaired) electrons. The van der Waals surface area contributed by atoms with Crippen molar-refractivity contribution in [2.24, 2.45) is 11.8 Å². The van der Waals surface area contributed by atoms with E-state index in [1.807, 2.05) is 6.92 Å². The van der Waals surface area contributed by atoms with Gasteiger partial charge in [0.25, 0.3) is 0 Å². The van der Waals surface area contributed by atoms with Crippen LogP contribution in [0.3, 0.4) is 0 Å². The fourth-order valence-electron chi connectivity index (χ4n) is 4.45. The van der Waals surface area contributed by atoms with Crippen molar-refractivity contribution in [1.29, 1.82) is 0 Å². The van der Waals surface area contributed by atoms with E-state index in [1.54, 1.807) is 0 Å². The van der Waals surface area contributed by atoms with Gasteiger partial charge >= 0.3 is 0 Å². The summed E-state index contributed by atoms with van der Waals surface area (Å²) in [5, 5.41) is 19.3. The molecule has 4 atom stereocenters. The molecule has 0 spiro atoms. The maximum Gasteiger partial charge on any atom is 0.162 e. The number of fused-ring (bicyclic) bond motifs is 1. The van der Waals surface area contributed by atoms with Gasteiger partial charge in [0.1, 0.15) is 17.5 Å². The number of aliphatic hydroxyl groups excluding tert-OH is 2. The Morgan fingerprint density at radius 2 is 2.28 bits per heavy atom. The molecule has 0 saturated heterocycles. The average molecular weight is 346 g/mol. The van der Waals surface area contributed by atoms with Crippen LogP contribution in [0.15, 0.2) is 34.6 Å². The number of Topliss-reactive ketones (excluding diaryl/α,β-unsaturated/α-hetero) is 1. The summed E-state index contributed by atoms with van der Waals surface area (Å²) in [7, 11) is 0. The number of aliphatic hydroxyl groups is 2. The molecule has 4 nitrogen and oxygen atoms in total. The molecular formula is C21H30O4. The quantitative estimate of drug-likeness (QED) is 0.748. The Bertz CT molecular complexity index is 642. The van der Waals surface area contributed by atoms with E-state index < -0.39 is 6.10 Å². The molecule has 1 aliphatic heterocycles. The van der Waals surface area contributed by atoms with Crippen LogP contribution in [0.1, 0.15) is 59.3 Å².